The third-order valence-corrected chi connectivity index (χ3v) is 4.22. The molecule has 0 aromatic rings. The van der Waals surface area contributed by atoms with Crippen LogP contribution in [0.15, 0.2) is 0 Å². The fraction of sp³-hybridized carbons (Fsp3) is 0.929. The lowest BCUT2D eigenvalue weighted by atomic mass is 9.85. The van der Waals surface area contributed by atoms with E-state index in [1.165, 1.54) is 12.8 Å². The molecule has 1 heterocycles. The Labute approximate surface area is 110 Å². The van der Waals surface area contributed by atoms with E-state index in [9.17, 15) is 9.90 Å². The number of likely N-dealkylation sites (tertiary alicyclic amines) is 1. The maximum Gasteiger partial charge on any atom is 0.236 e. The number of hydrogen-bond donors (Lipinski definition) is 2. The molecule has 1 aliphatic carbocycles. The highest BCUT2D eigenvalue weighted by atomic mass is 16.3. The van der Waals surface area contributed by atoms with Crippen LogP contribution in [0.3, 0.4) is 0 Å². The number of hydrogen-bond acceptors (Lipinski definition) is 3. The summed E-state index contributed by atoms with van der Waals surface area (Å²) in [7, 11) is 0. The molecular weight excluding hydrogens is 228 g/mol. The average Bonchev–Trinajstić information content (AvgIpc) is 2.40. The number of amides is 1. The van der Waals surface area contributed by atoms with E-state index in [2.05, 4.69) is 5.32 Å². The molecule has 1 saturated carbocycles. The van der Waals surface area contributed by atoms with Crippen molar-refractivity contribution in [2.24, 2.45) is 0 Å². The Morgan fingerprint density at radius 2 is 1.67 bits per heavy atom. The van der Waals surface area contributed by atoms with Crippen LogP contribution in [0.5, 0.6) is 0 Å². The molecule has 1 saturated heterocycles. The van der Waals surface area contributed by atoms with Crippen LogP contribution in [0.25, 0.3) is 0 Å². The van der Waals surface area contributed by atoms with E-state index >= 15 is 0 Å². The monoisotopic (exact) mass is 254 g/mol. The predicted molar refractivity (Wildman–Crippen MR) is 71.3 cm³/mol. The Morgan fingerprint density at radius 3 is 2.33 bits per heavy atom. The quantitative estimate of drug-likeness (QED) is 0.794. The number of piperidine rings is 1. The standard InChI is InChI=1S/C14H26N2O2/c17-13(16-9-5-2-6-10-16)11-15-12-14(18)7-3-1-4-8-14/h15,18H,1-12H2. The minimum absolute atomic E-state index is 0.189. The largest absolute Gasteiger partial charge is 0.389 e. The molecule has 0 bridgehead atoms. The third kappa shape index (κ3) is 3.95. The normalized spacial score (nSPS) is 23.9. The van der Waals surface area contributed by atoms with Crippen LogP contribution in [-0.2, 0) is 4.79 Å². The zero-order valence-electron chi connectivity index (χ0n) is 11.3. The molecule has 4 heteroatoms. The summed E-state index contributed by atoms with van der Waals surface area (Å²) in [6, 6.07) is 0. The number of carbonyl (C=O) groups excluding carboxylic acids is 1. The van der Waals surface area contributed by atoms with Gasteiger partial charge in [-0.1, -0.05) is 19.3 Å². The number of aliphatic hydroxyl groups is 1. The van der Waals surface area contributed by atoms with Crippen molar-refractivity contribution in [1.29, 1.82) is 0 Å². The highest BCUT2D eigenvalue weighted by Gasteiger charge is 2.29. The van der Waals surface area contributed by atoms with Gasteiger partial charge in [-0.25, -0.2) is 0 Å². The molecule has 0 spiro atoms. The van der Waals surface area contributed by atoms with Gasteiger partial charge in [0.1, 0.15) is 0 Å². The summed E-state index contributed by atoms with van der Waals surface area (Å²) in [4.78, 5) is 13.9. The first kappa shape index (κ1) is 13.8. The van der Waals surface area contributed by atoms with E-state index in [-0.39, 0.29) is 5.91 Å². The Morgan fingerprint density at radius 1 is 1.06 bits per heavy atom. The van der Waals surface area contributed by atoms with Crippen molar-refractivity contribution in [3.05, 3.63) is 0 Å². The van der Waals surface area contributed by atoms with Crippen LogP contribution >= 0.6 is 0 Å². The first-order valence-corrected chi connectivity index (χ1v) is 7.41. The van der Waals surface area contributed by atoms with E-state index in [0.29, 0.717) is 13.1 Å². The van der Waals surface area contributed by atoms with Gasteiger partial charge in [0.05, 0.1) is 12.1 Å². The van der Waals surface area contributed by atoms with Crippen LogP contribution in [0.2, 0.25) is 0 Å². The van der Waals surface area contributed by atoms with Crippen LogP contribution < -0.4 is 5.32 Å². The van der Waals surface area contributed by atoms with Crippen LogP contribution in [0.1, 0.15) is 51.4 Å². The molecule has 2 rings (SSSR count). The van der Waals surface area contributed by atoms with Gasteiger partial charge < -0.3 is 15.3 Å². The summed E-state index contributed by atoms with van der Waals surface area (Å²) < 4.78 is 0. The SMILES string of the molecule is O=C(CNCC1(O)CCCCC1)N1CCCCC1. The molecule has 0 radical (unpaired) electrons. The van der Waals surface area contributed by atoms with Gasteiger partial charge in [-0.2, -0.15) is 0 Å². The second kappa shape index (κ2) is 6.53. The van der Waals surface area contributed by atoms with Gasteiger partial charge in [0.25, 0.3) is 0 Å². The van der Waals surface area contributed by atoms with E-state index in [1.54, 1.807) is 0 Å². The van der Waals surface area contributed by atoms with Crippen LogP contribution in [0.4, 0.5) is 0 Å². The van der Waals surface area contributed by atoms with Crippen molar-refractivity contribution in [3.63, 3.8) is 0 Å². The first-order valence-electron chi connectivity index (χ1n) is 7.41. The van der Waals surface area contributed by atoms with E-state index in [1.807, 2.05) is 4.90 Å². The second-order valence-electron chi connectivity index (χ2n) is 5.83. The van der Waals surface area contributed by atoms with Crippen molar-refractivity contribution < 1.29 is 9.90 Å². The Hall–Kier alpha value is -0.610. The van der Waals surface area contributed by atoms with Gasteiger partial charge in [0, 0.05) is 19.6 Å². The molecule has 2 N–H and O–H groups in total. The van der Waals surface area contributed by atoms with Crippen molar-refractivity contribution in [3.8, 4) is 0 Å². The molecule has 104 valence electrons. The Kier molecular flexibility index (Phi) is 5.01. The molecule has 2 fully saturated rings. The van der Waals surface area contributed by atoms with Gasteiger partial charge in [0.2, 0.25) is 5.91 Å². The zero-order valence-corrected chi connectivity index (χ0v) is 11.3. The molecule has 1 aliphatic heterocycles. The third-order valence-electron chi connectivity index (χ3n) is 4.22. The molecule has 1 amide bonds. The number of nitrogens with zero attached hydrogens (tertiary/aromatic N) is 1. The summed E-state index contributed by atoms with van der Waals surface area (Å²) in [5.41, 5.74) is -0.569. The fourth-order valence-electron chi connectivity index (χ4n) is 3.04. The Balaban J connectivity index is 1.66. The van der Waals surface area contributed by atoms with Gasteiger partial charge >= 0.3 is 0 Å². The van der Waals surface area contributed by atoms with Gasteiger partial charge in [-0.05, 0) is 32.1 Å². The maximum atomic E-state index is 11.9. The van der Waals surface area contributed by atoms with E-state index in [4.69, 9.17) is 0 Å². The summed E-state index contributed by atoms with van der Waals surface area (Å²) in [6.45, 7) is 2.75. The molecule has 0 unspecified atom stereocenters. The van der Waals surface area contributed by atoms with Crippen molar-refractivity contribution >= 4 is 5.91 Å². The summed E-state index contributed by atoms with van der Waals surface area (Å²) in [5.74, 6) is 0.189. The Bertz CT molecular complexity index is 269. The summed E-state index contributed by atoms with van der Waals surface area (Å²) >= 11 is 0. The van der Waals surface area contributed by atoms with E-state index < -0.39 is 5.60 Å². The topological polar surface area (TPSA) is 52.6 Å². The minimum Gasteiger partial charge on any atom is -0.389 e. The van der Waals surface area contributed by atoms with Crippen LogP contribution in [-0.4, -0.2) is 47.7 Å². The highest BCUT2D eigenvalue weighted by Crippen LogP contribution is 2.27. The lowest BCUT2D eigenvalue weighted by Crippen LogP contribution is -2.47. The van der Waals surface area contributed by atoms with Gasteiger partial charge in [0.15, 0.2) is 0 Å². The fourth-order valence-corrected chi connectivity index (χ4v) is 3.04. The van der Waals surface area contributed by atoms with Crippen molar-refractivity contribution in [2.75, 3.05) is 26.2 Å². The number of carbonyl (C=O) groups is 1. The average molecular weight is 254 g/mol. The molecule has 0 atom stereocenters. The summed E-state index contributed by atoms with van der Waals surface area (Å²) in [6.07, 6.45) is 8.71. The smallest absolute Gasteiger partial charge is 0.236 e. The lowest BCUT2D eigenvalue weighted by molar-refractivity contribution is -0.131. The lowest BCUT2D eigenvalue weighted by Gasteiger charge is -2.33. The van der Waals surface area contributed by atoms with Gasteiger partial charge in [-0.3, -0.25) is 4.79 Å². The highest BCUT2D eigenvalue weighted by molar-refractivity contribution is 5.78. The van der Waals surface area contributed by atoms with E-state index in [0.717, 1.165) is 51.6 Å². The zero-order chi connectivity index (χ0) is 12.8. The summed E-state index contributed by atoms with van der Waals surface area (Å²) in [5, 5.41) is 13.5. The molecule has 0 aromatic carbocycles. The van der Waals surface area contributed by atoms with Crippen LogP contribution in [0, 0.1) is 0 Å². The molecule has 18 heavy (non-hydrogen) atoms. The molecular formula is C14H26N2O2. The minimum atomic E-state index is -0.569. The van der Waals surface area contributed by atoms with Gasteiger partial charge in [-0.15, -0.1) is 0 Å². The number of rotatable bonds is 4. The van der Waals surface area contributed by atoms with Crippen molar-refractivity contribution in [1.82, 2.24) is 10.2 Å². The molecule has 4 nitrogen and oxygen atoms in total. The second-order valence-corrected chi connectivity index (χ2v) is 5.83. The first-order chi connectivity index (χ1) is 8.70. The number of nitrogens with one attached hydrogen (secondary N) is 1. The van der Waals surface area contributed by atoms with Crippen molar-refractivity contribution in [2.45, 2.75) is 57.0 Å². The predicted octanol–water partition coefficient (Wildman–Crippen LogP) is 1.28. The maximum absolute atomic E-state index is 11.9. The molecule has 0 aromatic heterocycles. The molecule has 2 aliphatic rings.